The van der Waals surface area contributed by atoms with Crippen LogP contribution in [0, 0.1) is 0 Å². The van der Waals surface area contributed by atoms with Crippen LogP contribution in [0.4, 0.5) is 5.88 Å². The highest BCUT2D eigenvalue weighted by Gasteiger charge is 2.15. The molecule has 2 heterocycles. The molecule has 98 valence electrons. The first-order valence-corrected chi connectivity index (χ1v) is 6.35. The minimum absolute atomic E-state index is 0.0149. The molecule has 0 atom stereocenters. The smallest absolute Gasteiger partial charge is 0.199 e. The molecular weight excluding hydrogens is 242 g/mol. The number of morpholine rings is 1. The van der Waals surface area contributed by atoms with E-state index in [9.17, 15) is 4.79 Å². The molecule has 0 unspecified atom stereocenters. The number of rotatable bonds is 2. The van der Waals surface area contributed by atoms with Gasteiger partial charge in [0.05, 0.1) is 18.8 Å². The van der Waals surface area contributed by atoms with E-state index < -0.39 is 0 Å². The molecule has 1 aliphatic rings. The van der Waals surface area contributed by atoms with Crippen molar-refractivity contribution in [2.45, 2.75) is 0 Å². The van der Waals surface area contributed by atoms with Crippen LogP contribution < -0.4 is 10.3 Å². The van der Waals surface area contributed by atoms with E-state index in [1.165, 1.54) is 0 Å². The maximum absolute atomic E-state index is 12.2. The van der Waals surface area contributed by atoms with Gasteiger partial charge in [-0.05, 0) is 5.56 Å². The van der Waals surface area contributed by atoms with Crippen molar-refractivity contribution in [1.29, 1.82) is 0 Å². The Morgan fingerprint density at radius 3 is 2.47 bits per heavy atom. The highest BCUT2D eigenvalue weighted by Crippen LogP contribution is 2.19. The van der Waals surface area contributed by atoms with Gasteiger partial charge in [-0.1, -0.05) is 30.3 Å². The number of benzene rings is 1. The summed E-state index contributed by atoms with van der Waals surface area (Å²) >= 11 is 0. The Morgan fingerprint density at radius 2 is 1.79 bits per heavy atom. The van der Waals surface area contributed by atoms with Crippen LogP contribution in [0.15, 0.2) is 51.9 Å². The standard InChI is InChI=1S/C15H15NO3/c17-14-10-15(16-6-8-18-9-7-16)19-11-13(14)12-4-2-1-3-5-12/h1-5,10-11H,6-9H2. The Kier molecular flexibility index (Phi) is 3.33. The topological polar surface area (TPSA) is 42.7 Å². The van der Waals surface area contributed by atoms with Gasteiger partial charge in [0.2, 0.25) is 0 Å². The molecule has 19 heavy (non-hydrogen) atoms. The molecule has 1 aromatic carbocycles. The predicted molar refractivity (Wildman–Crippen MR) is 73.4 cm³/mol. The van der Waals surface area contributed by atoms with E-state index in [1.807, 2.05) is 35.2 Å². The van der Waals surface area contributed by atoms with Gasteiger partial charge in [0.15, 0.2) is 11.3 Å². The van der Waals surface area contributed by atoms with Crippen molar-refractivity contribution in [3.05, 3.63) is 52.9 Å². The molecule has 1 fully saturated rings. The zero-order valence-electron chi connectivity index (χ0n) is 10.5. The van der Waals surface area contributed by atoms with Gasteiger partial charge in [0, 0.05) is 19.2 Å². The van der Waals surface area contributed by atoms with Crippen LogP contribution in [0.3, 0.4) is 0 Å². The molecule has 0 bridgehead atoms. The van der Waals surface area contributed by atoms with E-state index in [1.54, 1.807) is 12.3 Å². The van der Waals surface area contributed by atoms with E-state index in [0.717, 1.165) is 18.7 Å². The van der Waals surface area contributed by atoms with Crippen LogP contribution >= 0.6 is 0 Å². The van der Waals surface area contributed by atoms with E-state index in [2.05, 4.69) is 0 Å². The molecule has 3 rings (SSSR count). The summed E-state index contributed by atoms with van der Waals surface area (Å²) in [6.07, 6.45) is 1.54. The van der Waals surface area contributed by atoms with Crippen molar-refractivity contribution in [3.8, 4) is 11.1 Å². The van der Waals surface area contributed by atoms with Crippen LogP contribution in [-0.4, -0.2) is 26.3 Å². The highest BCUT2D eigenvalue weighted by molar-refractivity contribution is 5.62. The maximum atomic E-state index is 12.2. The van der Waals surface area contributed by atoms with Crippen LogP contribution in [-0.2, 0) is 4.74 Å². The Labute approximate surface area is 111 Å². The van der Waals surface area contributed by atoms with Gasteiger partial charge < -0.3 is 14.1 Å². The summed E-state index contributed by atoms with van der Waals surface area (Å²) in [5.74, 6) is 0.619. The minimum Gasteiger partial charge on any atom is -0.448 e. The first kappa shape index (κ1) is 12.0. The molecule has 0 aliphatic carbocycles. The first-order chi connectivity index (χ1) is 9.34. The Bertz CT molecular complexity index is 600. The molecule has 4 nitrogen and oxygen atoms in total. The van der Waals surface area contributed by atoms with Crippen LogP contribution in [0.25, 0.3) is 11.1 Å². The summed E-state index contributed by atoms with van der Waals surface area (Å²) in [5.41, 5.74) is 1.46. The second kappa shape index (κ2) is 5.28. The van der Waals surface area contributed by atoms with Gasteiger partial charge in [-0.15, -0.1) is 0 Å². The lowest BCUT2D eigenvalue weighted by molar-refractivity contribution is 0.120. The van der Waals surface area contributed by atoms with Crippen molar-refractivity contribution in [3.63, 3.8) is 0 Å². The molecule has 1 aromatic heterocycles. The largest absolute Gasteiger partial charge is 0.448 e. The van der Waals surface area contributed by atoms with Crippen molar-refractivity contribution >= 4 is 5.88 Å². The molecule has 2 aromatic rings. The quantitative estimate of drug-likeness (QED) is 0.826. The van der Waals surface area contributed by atoms with Gasteiger partial charge >= 0.3 is 0 Å². The lowest BCUT2D eigenvalue weighted by Crippen LogP contribution is -2.36. The third-order valence-electron chi connectivity index (χ3n) is 3.23. The molecule has 1 saturated heterocycles. The zero-order chi connectivity index (χ0) is 13.1. The summed E-state index contributed by atoms with van der Waals surface area (Å²) in [5, 5.41) is 0. The number of nitrogens with zero attached hydrogens (tertiary/aromatic N) is 1. The van der Waals surface area contributed by atoms with Crippen molar-refractivity contribution in [2.24, 2.45) is 0 Å². The SMILES string of the molecule is O=c1cc(N2CCOCC2)occ1-c1ccccc1. The first-order valence-electron chi connectivity index (χ1n) is 6.35. The molecule has 4 heteroatoms. The Balaban J connectivity index is 1.92. The van der Waals surface area contributed by atoms with Crippen molar-refractivity contribution in [1.82, 2.24) is 0 Å². The summed E-state index contributed by atoms with van der Waals surface area (Å²) < 4.78 is 10.9. The Hall–Kier alpha value is -2.07. The van der Waals surface area contributed by atoms with E-state index in [-0.39, 0.29) is 5.43 Å². The summed E-state index contributed by atoms with van der Waals surface area (Å²) in [6, 6.07) is 11.1. The fourth-order valence-corrected chi connectivity index (χ4v) is 2.18. The fourth-order valence-electron chi connectivity index (χ4n) is 2.18. The van der Waals surface area contributed by atoms with Gasteiger partial charge in [0.25, 0.3) is 0 Å². The fraction of sp³-hybridized carbons (Fsp3) is 0.267. The summed E-state index contributed by atoms with van der Waals surface area (Å²) in [7, 11) is 0. The third-order valence-corrected chi connectivity index (χ3v) is 3.23. The maximum Gasteiger partial charge on any atom is 0.199 e. The number of anilines is 1. The van der Waals surface area contributed by atoms with E-state index >= 15 is 0 Å². The summed E-state index contributed by atoms with van der Waals surface area (Å²) in [6.45, 7) is 2.86. The number of hydrogen-bond donors (Lipinski definition) is 0. The normalized spacial score (nSPS) is 15.5. The monoisotopic (exact) mass is 257 g/mol. The summed E-state index contributed by atoms with van der Waals surface area (Å²) in [4.78, 5) is 14.2. The van der Waals surface area contributed by atoms with Gasteiger partial charge in [-0.25, -0.2) is 0 Å². The molecule has 0 amide bonds. The molecule has 0 saturated carbocycles. The van der Waals surface area contributed by atoms with E-state index in [4.69, 9.17) is 9.15 Å². The minimum atomic E-state index is -0.0149. The second-order valence-electron chi connectivity index (χ2n) is 4.46. The highest BCUT2D eigenvalue weighted by atomic mass is 16.5. The third kappa shape index (κ3) is 2.53. The van der Waals surface area contributed by atoms with Gasteiger partial charge in [-0.3, -0.25) is 4.79 Å². The Morgan fingerprint density at radius 1 is 1.05 bits per heavy atom. The van der Waals surface area contributed by atoms with Crippen LogP contribution in [0.2, 0.25) is 0 Å². The van der Waals surface area contributed by atoms with Crippen molar-refractivity contribution < 1.29 is 9.15 Å². The molecule has 0 spiro atoms. The molecule has 0 radical (unpaired) electrons. The molecule has 1 aliphatic heterocycles. The second-order valence-corrected chi connectivity index (χ2v) is 4.46. The van der Waals surface area contributed by atoms with Gasteiger partial charge in [0.1, 0.15) is 6.26 Å². The van der Waals surface area contributed by atoms with E-state index in [0.29, 0.717) is 24.7 Å². The van der Waals surface area contributed by atoms with Crippen LogP contribution in [0.5, 0.6) is 0 Å². The molecule has 0 N–H and O–H groups in total. The van der Waals surface area contributed by atoms with Crippen molar-refractivity contribution in [2.75, 3.05) is 31.2 Å². The van der Waals surface area contributed by atoms with Gasteiger partial charge in [-0.2, -0.15) is 0 Å². The zero-order valence-corrected chi connectivity index (χ0v) is 10.5. The van der Waals surface area contributed by atoms with Crippen LogP contribution in [0.1, 0.15) is 0 Å². The predicted octanol–water partition coefficient (Wildman–Crippen LogP) is 2.14. The lowest BCUT2D eigenvalue weighted by Gasteiger charge is -2.26. The lowest BCUT2D eigenvalue weighted by atomic mass is 10.1. The average molecular weight is 257 g/mol. The molecular formula is C15H15NO3. The average Bonchev–Trinajstić information content (AvgIpc) is 2.49. The number of ether oxygens (including phenoxy) is 1. The number of hydrogen-bond acceptors (Lipinski definition) is 4.